The molecule has 5 heteroatoms. The van der Waals surface area contributed by atoms with Crippen LogP contribution >= 0.6 is 0 Å². The summed E-state index contributed by atoms with van der Waals surface area (Å²) < 4.78 is 1.72. The van der Waals surface area contributed by atoms with Crippen molar-refractivity contribution in [2.75, 3.05) is 0 Å². The Hall–Kier alpha value is -2.95. The van der Waals surface area contributed by atoms with Gasteiger partial charge in [0.1, 0.15) is 0 Å². The van der Waals surface area contributed by atoms with Gasteiger partial charge in [0.15, 0.2) is 0 Å². The van der Waals surface area contributed by atoms with Crippen LogP contribution in [-0.4, -0.2) is 25.6 Å². The third kappa shape index (κ3) is 3.94. The van der Waals surface area contributed by atoms with Gasteiger partial charge in [0.05, 0.1) is 24.0 Å². The quantitative estimate of drug-likeness (QED) is 0.719. The van der Waals surface area contributed by atoms with Crippen LogP contribution in [0, 0.1) is 13.8 Å². The zero-order chi connectivity index (χ0) is 17.8. The first-order valence-corrected chi connectivity index (χ1v) is 8.28. The Bertz CT molecular complexity index is 870. The van der Waals surface area contributed by atoms with Gasteiger partial charge in [0.2, 0.25) is 0 Å². The zero-order valence-electron chi connectivity index (χ0n) is 14.8. The van der Waals surface area contributed by atoms with Crippen LogP contribution in [0.3, 0.4) is 0 Å². The molecule has 0 aliphatic carbocycles. The van der Waals surface area contributed by atoms with Crippen molar-refractivity contribution in [3.05, 3.63) is 82.9 Å². The van der Waals surface area contributed by atoms with Gasteiger partial charge in [-0.1, -0.05) is 35.9 Å². The summed E-state index contributed by atoms with van der Waals surface area (Å²) in [5.74, 6) is -0.0299. The van der Waals surface area contributed by atoms with Crippen LogP contribution in [0.5, 0.6) is 0 Å². The lowest BCUT2D eigenvalue weighted by Gasteiger charge is -2.22. The summed E-state index contributed by atoms with van der Waals surface area (Å²) in [7, 11) is 1.84. The molecule has 2 heterocycles. The predicted octanol–water partition coefficient (Wildman–Crippen LogP) is 3.27. The van der Waals surface area contributed by atoms with Gasteiger partial charge in [-0.15, -0.1) is 0 Å². The molecule has 25 heavy (non-hydrogen) atoms. The van der Waals surface area contributed by atoms with Crippen LogP contribution in [0.15, 0.2) is 54.9 Å². The molecule has 3 rings (SSSR count). The second-order valence-electron chi connectivity index (χ2n) is 6.24. The molecule has 0 radical (unpaired) electrons. The molecular weight excluding hydrogens is 312 g/mol. The van der Waals surface area contributed by atoms with E-state index in [1.54, 1.807) is 17.1 Å². The molecule has 1 aromatic carbocycles. The number of hydrogen-bond donors (Lipinski definition) is 0. The number of hydrogen-bond acceptors (Lipinski definition) is 3. The van der Waals surface area contributed by atoms with Gasteiger partial charge in [0, 0.05) is 25.5 Å². The Morgan fingerprint density at radius 3 is 2.60 bits per heavy atom. The topological polar surface area (TPSA) is 51.0 Å². The predicted molar refractivity (Wildman–Crippen MR) is 96.9 cm³/mol. The fourth-order valence-corrected chi connectivity index (χ4v) is 2.80. The first kappa shape index (κ1) is 16.9. The molecule has 0 N–H and O–H groups in total. The Labute approximate surface area is 147 Å². The van der Waals surface area contributed by atoms with E-state index in [2.05, 4.69) is 29.1 Å². The maximum Gasteiger partial charge on any atom is 0.257 e. The van der Waals surface area contributed by atoms with Gasteiger partial charge < -0.3 is 4.90 Å². The van der Waals surface area contributed by atoms with Crippen LogP contribution in [-0.2, 0) is 20.1 Å². The van der Waals surface area contributed by atoms with Crippen molar-refractivity contribution >= 4 is 5.91 Å². The van der Waals surface area contributed by atoms with Crippen molar-refractivity contribution in [3.63, 3.8) is 0 Å². The van der Waals surface area contributed by atoms with E-state index in [0.717, 1.165) is 17.0 Å². The first-order valence-electron chi connectivity index (χ1n) is 8.28. The first-order chi connectivity index (χ1) is 12.0. The van der Waals surface area contributed by atoms with Gasteiger partial charge >= 0.3 is 0 Å². The minimum atomic E-state index is -0.0299. The molecule has 0 saturated carbocycles. The van der Waals surface area contributed by atoms with Gasteiger partial charge in [-0.3, -0.25) is 14.5 Å². The molecule has 3 aromatic rings. The smallest absolute Gasteiger partial charge is 0.257 e. The molecule has 0 saturated heterocycles. The number of aryl methyl sites for hydroxylation is 2. The average molecular weight is 334 g/mol. The number of rotatable bonds is 5. The highest BCUT2D eigenvalue weighted by Gasteiger charge is 2.21. The van der Waals surface area contributed by atoms with Crippen molar-refractivity contribution in [1.82, 2.24) is 19.7 Å². The molecule has 2 aromatic heterocycles. The second kappa shape index (κ2) is 7.30. The Balaban J connectivity index is 1.90. The fraction of sp³-hybridized carbons (Fsp3) is 0.250. The number of pyridine rings is 1. The highest BCUT2D eigenvalue weighted by Crippen LogP contribution is 2.16. The lowest BCUT2D eigenvalue weighted by Crippen LogP contribution is -2.30. The SMILES string of the molecule is Cc1cccc(CN(Cc2ccccn2)C(=O)c2cnn(C)c2C)c1. The summed E-state index contributed by atoms with van der Waals surface area (Å²) in [5, 5.41) is 4.20. The van der Waals surface area contributed by atoms with Crippen molar-refractivity contribution in [2.24, 2.45) is 7.05 Å². The van der Waals surface area contributed by atoms with Crippen LogP contribution in [0.1, 0.15) is 32.9 Å². The van der Waals surface area contributed by atoms with Crippen LogP contribution < -0.4 is 0 Å². The summed E-state index contributed by atoms with van der Waals surface area (Å²) in [6, 6.07) is 14.0. The number of carbonyl (C=O) groups excluding carboxylic acids is 1. The molecule has 128 valence electrons. The normalized spacial score (nSPS) is 10.7. The van der Waals surface area contributed by atoms with Gasteiger partial charge in [0.25, 0.3) is 5.91 Å². The van der Waals surface area contributed by atoms with E-state index in [9.17, 15) is 4.79 Å². The van der Waals surface area contributed by atoms with Crippen molar-refractivity contribution in [2.45, 2.75) is 26.9 Å². The second-order valence-corrected chi connectivity index (χ2v) is 6.24. The molecule has 0 atom stereocenters. The Kier molecular flexibility index (Phi) is 4.93. The van der Waals surface area contributed by atoms with Crippen molar-refractivity contribution in [3.8, 4) is 0 Å². The monoisotopic (exact) mass is 334 g/mol. The zero-order valence-corrected chi connectivity index (χ0v) is 14.8. The Morgan fingerprint density at radius 1 is 1.12 bits per heavy atom. The van der Waals surface area contributed by atoms with Crippen LogP contribution in [0.4, 0.5) is 0 Å². The summed E-state index contributed by atoms with van der Waals surface area (Å²) in [6.07, 6.45) is 3.39. The summed E-state index contributed by atoms with van der Waals surface area (Å²) in [5.41, 5.74) is 4.64. The number of nitrogens with zero attached hydrogens (tertiary/aromatic N) is 4. The third-order valence-electron chi connectivity index (χ3n) is 4.29. The Morgan fingerprint density at radius 2 is 1.96 bits per heavy atom. The number of aromatic nitrogens is 3. The molecule has 0 fully saturated rings. The maximum absolute atomic E-state index is 13.1. The van der Waals surface area contributed by atoms with E-state index >= 15 is 0 Å². The van der Waals surface area contributed by atoms with E-state index in [4.69, 9.17) is 0 Å². The van der Waals surface area contributed by atoms with Gasteiger partial charge in [-0.2, -0.15) is 5.10 Å². The van der Waals surface area contributed by atoms with Crippen LogP contribution in [0.2, 0.25) is 0 Å². The molecule has 0 aliphatic heterocycles. The van der Waals surface area contributed by atoms with Gasteiger partial charge in [-0.05, 0) is 31.5 Å². The number of benzene rings is 1. The molecule has 1 amide bonds. The largest absolute Gasteiger partial charge is 0.328 e. The molecule has 0 spiro atoms. The lowest BCUT2D eigenvalue weighted by atomic mass is 10.1. The summed E-state index contributed by atoms with van der Waals surface area (Å²) in [6.45, 7) is 4.96. The highest BCUT2D eigenvalue weighted by molar-refractivity contribution is 5.95. The highest BCUT2D eigenvalue weighted by atomic mass is 16.2. The van der Waals surface area contributed by atoms with E-state index in [1.807, 2.05) is 49.2 Å². The minimum absolute atomic E-state index is 0.0299. The van der Waals surface area contributed by atoms with Crippen molar-refractivity contribution < 1.29 is 4.79 Å². The molecule has 0 aliphatic rings. The lowest BCUT2D eigenvalue weighted by molar-refractivity contribution is 0.0727. The minimum Gasteiger partial charge on any atom is -0.328 e. The fourth-order valence-electron chi connectivity index (χ4n) is 2.80. The van der Waals surface area contributed by atoms with E-state index in [1.165, 1.54) is 5.56 Å². The molecule has 5 nitrogen and oxygen atoms in total. The maximum atomic E-state index is 13.1. The average Bonchev–Trinajstić information content (AvgIpc) is 2.94. The standard InChI is InChI=1S/C20H22N4O/c1-15-7-6-8-17(11-15)13-24(14-18-9-4-5-10-21-18)20(25)19-12-22-23(3)16(19)2/h4-12H,13-14H2,1-3H3. The van der Waals surface area contributed by atoms with Crippen LogP contribution in [0.25, 0.3) is 0 Å². The summed E-state index contributed by atoms with van der Waals surface area (Å²) in [4.78, 5) is 19.3. The third-order valence-corrected chi connectivity index (χ3v) is 4.29. The molecule has 0 bridgehead atoms. The van der Waals surface area contributed by atoms with Crippen molar-refractivity contribution in [1.29, 1.82) is 0 Å². The van der Waals surface area contributed by atoms with Gasteiger partial charge in [-0.25, -0.2) is 0 Å². The number of carbonyl (C=O) groups is 1. The number of amides is 1. The van der Waals surface area contributed by atoms with E-state index in [-0.39, 0.29) is 5.91 Å². The molecular formula is C20H22N4O. The summed E-state index contributed by atoms with van der Waals surface area (Å²) >= 11 is 0. The van der Waals surface area contributed by atoms with E-state index < -0.39 is 0 Å². The van der Waals surface area contributed by atoms with E-state index in [0.29, 0.717) is 18.7 Å². The molecule has 0 unspecified atom stereocenters.